The number of aromatic amines is 1. The zero-order valence-electron chi connectivity index (χ0n) is 18.1. The Hall–Kier alpha value is -2.79. The van der Waals surface area contributed by atoms with E-state index in [4.69, 9.17) is 21.6 Å². The first kappa shape index (κ1) is 19.9. The van der Waals surface area contributed by atoms with Gasteiger partial charge in [-0.25, -0.2) is 19.9 Å². The van der Waals surface area contributed by atoms with Gasteiger partial charge in [0, 0.05) is 17.5 Å². The number of fused-ring (bicyclic) bond motifs is 4. The number of nitrogens with one attached hydrogen (secondary N) is 1. The molecule has 3 fully saturated rings. The summed E-state index contributed by atoms with van der Waals surface area (Å²) in [6.07, 6.45) is 10.0. The molecule has 5 nitrogen and oxygen atoms in total. The fraction of sp³-hybridized carbons (Fsp3) is 0.385. The van der Waals surface area contributed by atoms with Gasteiger partial charge in [0.1, 0.15) is 10.7 Å². The second-order valence-electron chi connectivity index (χ2n) is 9.43. The van der Waals surface area contributed by atoms with E-state index in [0.29, 0.717) is 28.1 Å². The summed E-state index contributed by atoms with van der Waals surface area (Å²) in [5.74, 6) is 3.85. The van der Waals surface area contributed by atoms with Crippen LogP contribution in [0.25, 0.3) is 33.8 Å². The smallest absolute Gasteiger partial charge is 0.163 e. The van der Waals surface area contributed by atoms with E-state index in [1.807, 2.05) is 12.3 Å². The van der Waals surface area contributed by atoms with Crippen LogP contribution in [-0.2, 0) is 6.42 Å². The molecule has 0 amide bonds. The van der Waals surface area contributed by atoms with Crippen LogP contribution in [-0.4, -0.2) is 24.9 Å². The number of nitrogens with zero attached hydrogens (tertiary/aromatic N) is 4. The molecular weight excluding hydrogens is 418 g/mol. The van der Waals surface area contributed by atoms with Crippen LogP contribution < -0.4 is 0 Å². The Kier molecular flexibility index (Phi) is 4.94. The maximum atomic E-state index is 6.15. The van der Waals surface area contributed by atoms with Crippen molar-refractivity contribution in [1.82, 2.24) is 24.9 Å². The van der Waals surface area contributed by atoms with Crippen LogP contribution in [0, 0.1) is 23.7 Å². The number of aromatic nitrogens is 5. The molecule has 0 spiro atoms. The molecule has 32 heavy (non-hydrogen) atoms. The van der Waals surface area contributed by atoms with Gasteiger partial charge in [-0.1, -0.05) is 48.9 Å². The van der Waals surface area contributed by atoms with Crippen molar-refractivity contribution in [3.05, 3.63) is 59.6 Å². The van der Waals surface area contributed by atoms with Crippen molar-refractivity contribution in [3.63, 3.8) is 0 Å². The first-order valence-electron chi connectivity index (χ1n) is 11.6. The summed E-state index contributed by atoms with van der Waals surface area (Å²) in [6, 6.07) is 12.5. The average Bonchev–Trinajstić information content (AvgIpc) is 3.25. The van der Waals surface area contributed by atoms with Crippen LogP contribution in [0.15, 0.2) is 48.8 Å². The van der Waals surface area contributed by atoms with Crippen LogP contribution in [0.1, 0.15) is 38.3 Å². The van der Waals surface area contributed by atoms with Crippen LogP contribution >= 0.6 is 11.6 Å². The molecule has 6 heteroatoms. The molecule has 2 atom stereocenters. The Morgan fingerprint density at radius 3 is 2.56 bits per heavy atom. The summed E-state index contributed by atoms with van der Waals surface area (Å²) in [6.45, 7) is 2.46. The van der Waals surface area contributed by atoms with Gasteiger partial charge in [0.05, 0.1) is 17.5 Å². The molecule has 2 bridgehead atoms. The molecule has 3 heterocycles. The van der Waals surface area contributed by atoms with E-state index in [9.17, 15) is 0 Å². The van der Waals surface area contributed by atoms with E-state index in [2.05, 4.69) is 52.2 Å². The van der Waals surface area contributed by atoms with Crippen LogP contribution in [0.3, 0.4) is 0 Å². The molecule has 0 radical (unpaired) electrons. The maximum absolute atomic E-state index is 6.15. The lowest BCUT2D eigenvalue weighted by Gasteiger charge is -2.47. The molecule has 1 aromatic carbocycles. The van der Waals surface area contributed by atoms with E-state index < -0.39 is 0 Å². The third-order valence-corrected chi connectivity index (χ3v) is 7.91. The second-order valence-corrected chi connectivity index (χ2v) is 9.82. The third kappa shape index (κ3) is 3.49. The van der Waals surface area contributed by atoms with E-state index in [-0.39, 0.29) is 0 Å². The Morgan fingerprint density at radius 2 is 1.78 bits per heavy atom. The van der Waals surface area contributed by atoms with Gasteiger partial charge < -0.3 is 4.98 Å². The summed E-state index contributed by atoms with van der Waals surface area (Å²) >= 11 is 6.15. The lowest BCUT2D eigenvalue weighted by atomic mass is 9.58. The molecule has 3 saturated carbocycles. The summed E-state index contributed by atoms with van der Waals surface area (Å²) in [5, 5.41) is 0.366. The van der Waals surface area contributed by atoms with Crippen molar-refractivity contribution in [2.24, 2.45) is 23.7 Å². The Labute approximate surface area is 192 Å². The lowest BCUT2D eigenvalue weighted by Crippen LogP contribution is -2.39. The van der Waals surface area contributed by atoms with Crippen LogP contribution in [0.4, 0.5) is 0 Å². The average molecular weight is 444 g/mol. The maximum Gasteiger partial charge on any atom is 0.163 e. The van der Waals surface area contributed by atoms with Crippen molar-refractivity contribution >= 4 is 22.8 Å². The largest absolute Gasteiger partial charge is 0.344 e. The van der Waals surface area contributed by atoms with Crippen LogP contribution in [0.5, 0.6) is 0 Å². The fourth-order valence-corrected chi connectivity index (χ4v) is 6.12. The van der Waals surface area contributed by atoms with Crippen molar-refractivity contribution in [1.29, 1.82) is 0 Å². The molecular formula is C26H26ClN5. The van der Waals surface area contributed by atoms with Gasteiger partial charge >= 0.3 is 0 Å². The minimum Gasteiger partial charge on any atom is -0.344 e. The van der Waals surface area contributed by atoms with E-state index >= 15 is 0 Å². The van der Waals surface area contributed by atoms with Gasteiger partial charge in [-0.3, -0.25) is 0 Å². The third-order valence-electron chi connectivity index (χ3n) is 7.73. The highest BCUT2D eigenvalue weighted by atomic mass is 35.5. The quantitative estimate of drug-likeness (QED) is 0.399. The monoisotopic (exact) mass is 443 g/mol. The molecule has 2 unspecified atom stereocenters. The number of benzene rings is 1. The molecule has 0 aliphatic heterocycles. The first-order valence-corrected chi connectivity index (χ1v) is 12.0. The lowest BCUT2D eigenvalue weighted by molar-refractivity contribution is 0.0339. The number of halogens is 1. The molecule has 3 aromatic heterocycles. The number of hydrogen-bond acceptors (Lipinski definition) is 4. The first-order chi connectivity index (χ1) is 15.7. The highest BCUT2D eigenvalue weighted by molar-refractivity contribution is 6.29. The van der Waals surface area contributed by atoms with Crippen molar-refractivity contribution < 1.29 is 0 Å². The number of rotatable bonds is 4. The minimum atomic E-state index is 0.366. The van der Waals surface area contributed by atoms with Gasteiger partial charge in [-0.15, -0.1) is 0 Å². The molecule has 3 aliphatic carbocycles. The van der Waals surface area contributed by atoms with Crippen LogP contribution in [0.2, 0.25) is 5.15 Å². The van der Waals surface area contributed by atoms with Gasteiger partial charge in [0.15, 0.2) is 11.5 Å². The van der Waals surface area contributed by atoms with Crippen molar-refractivity contribution in [3.8, 4) is 22.6 Å². The normalized spacial score (nSPS) is 24.8. The predicted molar refractivity (Wildman–Crippen MR) is 127 cm³/mol. The number of H-pyrrole nitrogens is 1. The molecule has 0 saturated heterocycles. The van der Waals surface area contributed by atoms with Crippen molar-refractivity contribution in [2.75, 3.05) is 0 Å². The predicted octanol–water partition coefficient (Wildman–Crippen LogP) is 6.35. The Balaban J connectivity index is 1.45. The summed E-state index contributed by atoms with van der Waals surface area (Å²) < 4.78 is 0. The second kappa shape index (κ2) is 7.96. The summed E-state index contributed by atoms with van der Waals surface area (Å²) in [5.41, 5.74) is 5.40. The standard InChI is InChI=1S/C26H26ClN5/c1-15-16-7-9-17(10-8-16)20(15)11-19-12-22(18-5-3-2-4-6-18)31-25(30-19)21-13-28-26-24(21)32-23(27)14-29-26/h2-6,12-17,20H,7-11H2,1H3,(H,28,29). The zero-order chi connectivity index (χ0) is 21.7. The Morgan fingerprint density at radius 1 is 1.00 bits per heavy atom. The van der Waals surface area contributed by atoms with Gasteiger partial charge in [0.2, 0.25) is 0 Å². The fourth-order valence-electron chi connectivity index (χ4n) is 5.99. The minimum absolute atomic E-state index is 0.366. The topological polar surface area (TPSA) is 67.3 Å². The van der Waals surface area contributed by atoms with Crippen molar-refractivity contribution in [2.45, 2.75) is 39.0 Å². The molecule has 4 aromatic rings. The summed E-state index contributed by atoms with van der Waals surface area (Å²) in [7, 11) is 0. The molecule has 162 valence electrons. The highest BCUT2D eigenvalue weighted by Crippen LogP contribution is 2.49. The molecule has 3 aliphatic rings. The van der Waals surface area contributed by atoms with Gasteiger partial charge in [-0.2, -0.15) is 0 Å². The van der Waals surface area contributed by atoms with Gasteiger partial charge in [0.25, 0.3) is 0 Å². The van der Waals surface area contributed by atoms with E-state index in [1.165, 1.54) is 25.7 Å². The summed E-state index contributed by atoms with van der Waals surface area (Å²) in [4.78, 5) is 22.0. The SMILES string of the molecule is CC1C2CCC(CC2)C1Cc1cc(-c2ccccc2)nc(-c2c[nH]c3ncc(Cl)nc23)n1. The Bertz CT molecular complexity index is 1260. The molecule has 7 rings (SSSR count). The highest BCUT2D eigenvalue weighted by Gasteiger charge is 2.41. The zero-order valence-corrected chi connectivity index (χ0v) is 18.9. The van der Waals surface area contributed by atoms with E-state index in [1.54, 1.807) is 6.20 Å². The number of hydrogen-bond donors (Lipinski definition) is 1. The van der Waals surface area contributed by atoms with Gasteiger partial charge in [-0.05, 0) is 61.8 Å². The molecule has 1 N–H and O–H groups in total. The van der Waals surface area contributed by atoms with E-state index in [0.717, 1.165) is 46.7 Å².